The first-order chi connectivity index (χ1) is 14.1. The number of rotatable bonds is 9. The molecule has 1 aromatic heterocycles. The topological polar surface area (TPSA) is 82.8 Å². The molecule has 0 unspecified atom stereocenters. The van der Waals surface area contributed by atoms with E-state index in [9.17, 15) is 4.79 Å². The number of ether oxygens (including phenoxy) is 3. The lowest BCUT2D eigenvalue weighted by atomic mass is 10.2. The van der Waals surface area contributed by atoms with Gasteiger partial charge in [0, 0.05) is 5.56 Å². The highest BCUT2D eigenvalue weighted by atomic mass is 16.5. The molecule has 0 atom stereocenters. The molecule has 0 aliphatic heterocycles. The zero-order chi connectivity index (χ0) is 20.6. The monoisotopic (exact) mass is 396 g/mol. The van der Waals surface area contributed by atoms with Gasteiger partial charge in [-0.2, -0.15) is 0 Å². The molecule has 0 bridgehead atoms. The smallest absolute Gasteiger partial charge is 0.251 e. The highest BCUT2D eigenvalue weighted by molar-refractivity contribution is 5.94. The standard InChI is InChI=1S/C22H24N2O5/c1-15-19(16(2)29-24-15)14-28-18-8-6-7-17(13-18)22(25)23-11-12-27-21-10-5-4-9-20(21)26-3/h4-10,13H,11-12,14H2,1-3H3,(H,23,25). The third-order valence-electron chi connectivity index (χ3n) is 4.37. The minimum atomic E-state index is -0.198. The van der Waals surface area contributed by atoms with Crippen LogP contribution in [0.4, 0.5) is 0 Å². The SMILES string of the molecule is COc1ccccc1OCCNC(=O)c1cccc(OCc2c(C)noc2C)c1. The molecule has 1 heterocycles. The maximum Gasteiger partial charge on any atom is 0.251 e. The Kier molecular flexibility index (Phi) is 6.73. The van der Waals surface area contributed by atoms with Crippen LogP contribution in [-0.4, -0.2) is 31.3 Å². The number of nitrogens with zero attached hydrogens (tertiary/aromatic N) is 1. The summed E-state index contributed by atoms with van der Waals surface area (Å²) in [7, 11) is 1.59. The van der Waals surface area contributed by atoms with E-state index in [1.54, 1.807) is 31.4 Å². The molecule has 0 aliphatic carbocycles. The van der Waals surface area contributed by atoms with Gasteiger partial charge in [-0.3, -0.25) is 4.79 Å². The van der Waals surface area contributed by atoms with Crippen LogP contribution in [0.1, 0.15) is 27.4 Å². The van der Waals surface area contributed by atoms with Crippen molar-refractivity contribution in [2.24, 2.45) is 0 Å². The van der Waals surface area contributed by atoms with Gasteiger partial charge in [-0.25, -0.2) is 0 Å². The van der Waals surface area contributed by atoms with Crippen molar-refractivity contribution in [3.05, 3.63) is 71.1 Å². The maximum absolute atomic E-state index is 12.4. The Morgan fingerprint density at radius 2 is 1.86 bits per heavy atom. The van der Waals surface area contributed by atoms with E-state index >= 15 is 0 Å². The lowest BCUT2D eigenvalue weighted by molar-refractivity contribution is 0.0946. The molecule has 0 saturated heterocycles. The fraction of sp³-hybridized carbons (Fsp3) is 0.273. The van der Waals surface area contributed by atoms with Crippen LogP contribution in [0.15, 0.2) is 53.1 Å². The molecule has 0 aliphatic rings. The minimum Gasteiger partial charge on any atom is -0.493 e. The summed E-state index contributed by atoms with van der Waals surface area (Å²) in [5.41, 5.74) is 2.22. The zero-order valence-corrected chi connectivity index (χ0v) is 16.7. The van der Waals surface area contributed by atoms with Crippen molar-refractivity contribution >= 4 is 5.91 Å². The number of aryl methyl sites for hydroxylation is 2. The van der Waals surface area contributed by atoms with E-state index in [1.165, 1.54) is 0 Å². The molecule has 0 fully saturated rings. The molecule has 7 nitrogen and oxygen atoms in total. The van der Waals surface area contributed by atoms with Crippen LogP contribution in [0, 0.1) is 13.8 Å². The van der Waals surface area contributed by atoms with E-state index in [0.717, 1.165) is 17.0 Å². The largest absolute Gasteiger partial charge is 0.493 e. The van der Waals surface area contributed by atoms with Gasteiger partial charge in [0.15, 0.2) is 11.5 Å². The fourth-order valence-corrected chi connectivity index (χ4v) is 2.76. The second-order valence-electron chi connectivity index (χ2n) is 6.37. The fourth-order valence-electron chi connectivity index (χ4n) is 2.76. The second-order valence-corrected chi connectivity index (χ2v) is 6.37. The summed E-state index contributed by atoms with van der Waals surface area (Å²) in [6.07, 6.45) is 0. The van der Waals surface area contributed by atoms with E-state index in [2.05, 4.69) is 10.5 Å². The number of amides is 1. The quantitative estimate of drug-likeness (QED) is 0.556. The minimum absolute atomic E-state index is 0.198. The summed E-state index contributed by atoms with van der Waals surface area (Å²) in [6, 6.07) is 14.4. The van der Waals surface area contributed by atoms with Crippen LogP contribution >= 0.6 is 0 Å². The molecule has 152 valence electrons. The number of hydrogen-bond acceptors (Lipinski definition) is 6. The van der Waals surface area contributed by atoms with Gasteiger partial charge in [0.1, 0.15) is 24.7 Å². The number of benzene rings is 2. The number of carbonyl (C=O) groups excluding carboxylic acids is 1. The lowest BCUT2D eigenvalue weighted by Crippen LogP contribution is -2.28. The molecule has 0 saturated carbocycles. The zero-order valence-electron chi connectivity index (χ0n) is 16.7. The number of methoxy groups -OCH3 is 1. The average molecular weight is 396 g/mol. The van der Waals surface area contributed by atoms with Crippen molar-refractivity contribution in [3.8, 4) is 17.2 Å². The molecule has 3 aromatic rings. The summed E-state index contributed by atoms with van der Waals surface area (Å²) in [6.45, 7) is 4.73. The van der Waals surface area contributed by atoms with E-state index < -0.39 is 0 Å². The Bertz CT molecular complexity index is 948. The molecule has 3 rings (SSSR count). The second kappa shape index (κ2) is 9.64. The Balaban J connectivity index is 1.50. The normalized spacial score (nSPS) is 10.4. The highest BCUT2D eigenvalue weighted by Gasteiger charge is 2.11. The predicted molar refractivity (Wildman–Crippen MR) is 108 cm³/mol. The molecule has 29 heavy (non-hydrogen) atoms. The van der Waals surface area contributed by atoms with Gasteiger partial charge < -0.3 is 24.1 Å². The summed E-state index contributed by atoms with van der Waals surface area (Å²) >= 11 is 0. The average Bonchev–Trinajstić information content (AvgIpc) is 3.07. The van der Waals surface area contributed by atoms with E-state index in [0.29, 0.717) is 42.6 Å². The molecule has 1 N–H and O–H groups in total. The van der Waals surface area contributed by atoms with Crippen molar-refractivity contribution in [1.82, 2.24) is 10.5 Å². The Hall–Kier alpha value is -3.48. The molecule has 7 heteroatoms. The molecule has 0 radical (unpaired) electrons. The molecule has 1 amide bonds. The number of hydrogen-bond donors (Lipinski definition) is 1. The highest BCUT2D eigenvalue weighted by Crippen LogP contribution is 2.25. The Labute approximate surface area is 169 Å². The summed E-state index contributed by atoms with van der Waals surface area (Å²) < 4.78 is 21.8. The van der Waals surface area contributed by atoms with Crippen molar-refractivity contribution in [2.45, 2.75) is 20.5 Å². The Morgan fingerprint density at radius 3 is 2.59 bits per heavy atom. The van der Waals surface area contributed by atoms with Gasteiger partial charge in [-0.15, -0.1) is 0 Å². The summed E-state index contributed by atoms with van der Waals surface area (Å²) in [5, 5.41) is 6.75. The number of carbonyl (C=O) groups is 1. The molecule has 0 spiro atoms. The van der Waals surface area contributed by atoms with Gasteiger partial charge >= 0.3 is 0 Å². The van der Waals surface area contributed by atoms with Crippen molar-refractivity contribution in [3.63, 3.8) is 0 Å². The maximum atomic E-state index is 12.4. The third-order valence-corrected chi connectivity index (χ3v) is 4.37. The first-order valence-electron chi connectivity index (χ1n) is 9.27. The van der Waals surface area contributed by atoms with Gasteiger partial charge in [0.2, 0.25) is 0 Å². The van der Waals surface area contributed by atoms with Crippen molar-refractivity contribution in [2.75, 3.05) is 20.3 Å². The van der Waals surface area contributed by atoms with Crippen LogP contribution < -0.4 is 19.5 Å². The van der Waals surface area contributed by atoms with Crippen LogP contribution in [0.3, 0.4) is 0 Å². The van der Waals surface area contributed by atoms with Gasteiger partial charge in [0.05, 0.1) is 24.9 Å². The molecule has 2 aromatic carbocycles. The predicted octanol–water partition coefficient (Wildman–Crippen LogP) is 3.69. The van der Waals surface area contributed by atoms with Crippen molar-refractivity contribution in [1.29, 1.82) is 0 Å². The first-order valence-corrected chi connectivity index (χ1v) is 9.27. The van der Waals surface area contributed by atoms with Gasteiger partial charge in [-0.1, -0.05) is 23.4 Å². The van der Waals surface area contributed by atoms with Crippen LogP contribution in [-0.2, 0) is 6.61 Å². The van der Waals surface area contributed by atoms with E-state index in [1.807, 2.05) is 38.1 Å². The molecular formula is C22H24N2O5. The molecular weight excluding hydrogens is 372 g/mol. The first kappa shape index (κ1) is 20.3. The van der Waals surface area contributed by atoms with Crippen molar-refractivity contribution < 1.29 is 23.5 Å². The van der Waals surface area contributed by atoms with E-state index in [-0.39, 0.29) is 5.91 Å². The van der Waals surface area contributed by atoms with Gasteiger partial charge in [0.25, 0.3) is 5.91 Å². The number of nitrogens with one attached hydrogen (secondary N) is 1. The van der Waals surface area contributed by atoms with Gasteiger partial charge in [-0.05, 0) is 44.2 Å². The van der Waals surface area contributed by atoms with Crippen LogP contribution in [0.2, 0.25) is 0 Å². The summed E-state index contributed by atoms with van der Waals surface area (Å²) in [5.74, 6) is 2.42. The third kappa shape index (κ3) is 5.28. The number of para-hydroxylation sites is 2. The number of aromatic nitrogens is 1. The lowest BCUT2D eigenvalue weighted by Gasteiger charge is -2.11. The van der Waals surface area contributed by atoms with Crippen LogP contribution in [0.25, 0.3) is 0 Å². The van der Waals surface area contributed by atoms with Crippen LogP contribution in [0.5, 0.6) is 17.2 Å². The summed E-state index contributed by atoms with van der Waals surface area (Å²) in [4.78, 5) is 12.4. The van der Waals surface area contributed by atoms with E-state index in [4.69, 9.17) is 18.7 Å². The Morgan fingerprint density at radius 1 is 1.07 bits per heavy atom.